The van der Waals surface area contributed by atoms with Crippen LogP contribution >= 0.6 is 0 Å². The van der Waals surface area contributed by atoms with E-state index < -0.39 is 0 Å². The van der Waals surface area contributed by atoms with Gasteiger partial charge in [-0.2, -0.15) is 0 Å². The van der Waals surface area contributed by atoms with Gasteiger partial charge in [0.15, 0.2) is 0 Å². The summed E-state index contributed by atoms with van der Waals surface area (Å²) in [6, 6.07) is 9.77. The molecule has 1 aromatic carbocycles. The van der Waals surface area contributed by atoms with E-state index >= 15 is 0 Å². The Hall–Kier alpha value is -1.84. The summed E-state index contributed by atoms with van der Waals surface area (Å²) < 4.78 is 0. The summed E-state index contributed by atoms with van der Waals surface area (Å²) in [5, 5.41) is 3.14. The highest BCUT2D eigenvalue weighted by molar-refractivity contribution is 5.87. The summed E-state index contributed by atoms with van der Waals surface area (Å²) in [5.74, 6) is 0.0272. The molecule has 1 aromatic rings. The molecule has 0 heterocycles. The third-order valence-electron chi connectivity index (χ3n) is 4.59. The second-order valence-electron chi connectivity index (χ2n) is 6.27. The number of hydrogen-bond donors (Lipinski definition) is 1. The topological polar surface area (TPSA) is 49.4 Å². The van der Waals surface area contributed by atoms with Gasteiger partial charge in [-0.1, -0.05) is 57.0 Å². The lowest BCUT2D eigenvalue weighted by atomic mass is 10.1. The molecule has 1 aliphatic rings. The van der Waals surface area contributed by atoms with Crippen molar-refractivity contribution >= 4 is 11.8 Å². The van der Waals surface area contributed by atoms with Gasteiger partial charge in [0.1, 0.15) is 6.04 Å². The van der Waals surface area contributed by atoms with Gasteiger partial charge in [0.05, 0.1) is 0 Å². The average Bonchev–Trinajstić information content (AvgIpc) is 3.07. The maximum absolute atomic E-state index is 12.7. The van der Waals surface area contributed by atoms with Crippen molar-refractivity contribution in [3.63, 3.8) is 0 Å². The Kier molecular flexibility index (Phi) is 6.63. The third kappa shape index (κ3) is 4.81. The molecule has 1 fully saturated rings. The minimum absolute atomic E-state index is 0.00266. The highest BCUT2D eigenvalue weighted by Crippen LogP contribution is 2.19. The fourth-order valence-electron chi connectivity index (χ4n) is 3.27. The molecule has 4 heteroatoms. The molecule has 0 aliphatic heterocycles. The van der Waals surface area contributed by atoms with Crippen LogP contribution in [-0.2, 0) is 16.1 Å². The highest BCUT2D eigenvalue weighted by Gasteiger charge is 2.29. The van der Waals surface area contributed by atoms with E-state index in [4.69, 9.17) is 0 Å². The van der Waals surface area contributed by atoms with Crippen LogP contribution < -0.4 is 5.32 Å². The summed E-state index contributed by atoms with van der Waals surface area (Å²) in [6.07, 6.45) is 5.54. The quantitative estimate of drug-likeness (QED) is 0.839. The number of amides is 2. The van der Waals surface area contributed by atoms with Crippen LogP contribution in [0.4, 0.5) is 0 Å². The number of nitrogens with zero attached hydrogens (tertiary/aromatic N) is 1. The number of benzene rings is 1. The smallest absolute Gasteiger partial charge is 0.243 e. The minimum atomic E-state index is -0.386. The Bertz CT molecular complexity index is 509. The van der Waals surface area contributed by atoms with Crippen molar-refractivity contribution in [2.24, 2.45) is 0 Å². The molecule has 4 nitrogen and oxygen atoms in total. The zero-order valence-corrected chi connectivity index (χ0v) is 14.3. The molecular formula is C19H28N2O2. The van der Waals surface area contributed by atoms with E-state index in [1.807, 2.05) is 44.2 Å². The number of carbonyl (C=O) groups excluding carboxylic acids is 2. The van der Waals surface area contributed by atoms with Crippen molar-refractivity contribution in [1.82, 2.24) is 10.2 Å². The van der Waals surface area contributed by atoms with E-state index in [1.54, 1.807) is 4.90 Å². The standard InChI is InChI=1S/C19H28N2O2/c1-3-17(19(23)20-16-12-8-9-13-16)21(18(22)4-2)14-15-10-6-5-7-11-15/h5-7,10-11,16-17H,3-4,8-9,12-14H2,1-2H3,(H,20,23)/t17-/m0/s1. The zero-order chi connectivity index (χ0) is 16.7. The number of rotatable bonds is 7. The number of carbonyl (C=O) groups is 2. The second kappa shape index (κ2) is 8.70. The van der Waals surface area contributed by atoms with Crippen LogP contribution in [0.2, 0.25) is 0 Å². The molecule has 2 rings (SSSR count). The molecule has 0 saturated heterocycles. The number of hydrogen-bond acceptors (Lipinski definition) is 2. The van der Waals surface area contributed by atoms with Crippen molar-refractivity contribution in [2.45, 2.75) is 71.0 Å². The molecule has 1 aliphatic carbocycles. The first-order chi connectivity index (χ1) is 11.2. The normalized spacial score (nSPS) is 16.1. The lowest BCUT2D eigenvalue weighted by Gasteiger charge is -2.31. The van der Waals surface area contributed by atoms with Crippen molar-refractivity contribution in [1.29, 1.82) is 0 Å². The van der Waals surface area contributed by atoms with Gasteiger partial charge in [0.25, 0.3) is 0 Å². The largest absolute Gasteiger partial charge is 0.352 e. The van der Waals surface area contributed by atoms with Gasteiger partial charge in [-0.25, -0.2) is 0 Å². The highest BCUT2D eigenvalue weighted by atomic mass is 16.2. The maximum Gasteiger partial charge on any atom is 0.243 e. The van der Waals surface area contributed by atoms with Crippen molar-refractivity contribution in [2.75, 3.05) is 0 Å². The van der Waals surface area contributed by atoms with Gasteiger partial charge in [-0.3, -0.25) is 9.59 Å². The van der Waals surface area contributed by atoms with Crippen LogP contribution in [0.1, 0.15) is 57.9 Å². The van der Waals surface area contributed by atoms with E-state index in [9.17, 15) is 9.59 Å². The second-order valence-corrected chi connectivity index (χ2v) is 6.27. The summed E-state index contributed by atoms with van der Waals surface area (Å²) in [6.45, 7) is 4.31. The number of nitrogens with one attached hydrogen (secondary N) is 1. The molecule has 1 N–H and O–H groups in total. The van der Waals surface area contributed by atoms with Crippen molar-refractivity contribution in [3.05, 3.63) is 35.9 Å². The molecule has 0 aromatic heterocycles. The molecule has 0 radical (unpaired) electrons. The summed E-state index contributed by atoms with van der Waals surface area (Å²) in [4.78, 5) is 26.8. The molecule has 0 unspecified atom stereocenters. The fourth-order valence-corrected chi connectivity index (χ4v) is 3.27. The van der Waals surface area contributed by atoms with Crippen molar-refractivity contribution in [3.8, 4) is 0 Å². The zero-order valence-electron chi connectivity index (χ0n) is 14.3. The Morgan fingerprint density at radius 1 is 1.17 bits per heavy atom. The van der Waals surface area contributed by atoms with Crippen molar-refractivity contribution < 1.29 is 9.59 Å². The summed E-state index contributed by atoms with van der Waals surface area (Å²) in [7, 11) is 0. The predicted octanol–water partition coefficient (Wildman–Crippen LogP) is 3.26. The predicted molar refractivity (Wildman–Crippen MR) is 91.8 cm³/mol. The molecule has 1 saturated carbocycles. The van der Waals surface area contributed by atoms with Crippen LogP contribution in [0.15, 0.2) is 30.3 Å². The minimum Gasteiger partial charge on any atom is -0.352 e. The monoisotopic (exact) mass is 316 g/mol. The first-order valence-corrected chi connectivity index (χ1v) is 8.79. The molecule has 126 valence electrons. The van der Waals surface area contributed by atoms with Crippen LogP contribution in [0, 0.1) is 0 Å². The molecule has 1 atom stereocenters. The van der Waals surface area contributed by atoms with Crippen LogP contribution in [0.25, 0.3) is 0 Å². The average molecular weight is 316 g/mol. The van der Waals surface area contributed by atoms with Gasteiger partial charge >= 0.3 is 0 Å². The molecule has 0 spiro atoms. The third-order valence-corrected chi connectivity index (χ3v) is 4.59. The maximum atomic E-state index is 12.7. The summed E-state index contributed by atoms with van der Waals surface area (Å²) >= 11 is 0. The van der Waals surface area contributed by atoms with E-state index in [0.29, 0.717) is 19.4 Å². The summed E-state index contributed by atoms with van der Waals surface area (Å²) in [5.41, 5.74) is 1.06. The van der Waals surface area contributed by atoms with Gasteiger partial charge in [0, 0.05) is 19.0 Å². The Labute approximate surface area is 139 Å². The van der Waals surface area contributed by atoms with E-state index in [1.165, 1.54) is 12.8 Å². The van der Waals surface area contributed by atoms with Gasteiger partial charge < -0.3 is 10.2 Å². The van der Waals surface area contributed by atoms with E-state index in [0.717, 1.165) is 18.4 Å². The van der Waals surface area contributed by atoms with E-state index in [-0.39, 0.29) is 23.9 Å². The van der Waals surface area contributed by atoms with Crippen LogP contribution in [0.5, 0.6) is 0 Å². The molecule has 23 heavy (non-hydrogen) atoms. The Morgan fingerprint density at radius 3 is 2.39 bits per heavy atom. The Morgan fingerprint density at radius 2 is 1.83 bits per heavy atom. The van der Waals surface area contributed by atoms with Gasteiger partial charge in [0.2, 0.25) is 11.8 Å². The lowest BCUT2D eigenvalue weighted by molar-refractivity contribution is -0.141. The SMILES string of the molecule is CCC(=O)N(Cc1ccccc1)[C@@H](CC)C(=O)NC1CCCC1. The first-order valence-electron chi connectivity index (χ1n) is 8.79. The van der Waals surface area contributed by atoms with Gasteiger partial charge in [-0.15, -0.1) is 0 Å². The fraction of sp³-hybridized carbons (Fsp3) is 0.579. The Balaban J connectivity index is 2.10. The van der Waals surface area contributed by atoms with E-state index in [2.05, 4.69) is 5.32 Å². The molecule has 2 amide bonds. The van der Waals surface area contributed by atoms with Crippen LogP contribution in [-0.4, -0.2) is 28.8 Å². The molecular weight excluding hydrogens is 288 g/mol. The van der Waals surface area contributed by atoms with Crippen LogP contribution in [0.3, 0.4) is 0 Å². The first kappa shape index (κ1) is 17.5. The van der Waals surface area contributed by atoms with Gasteiger partial charge in [-0.05, 0) is 24.8 Å². The molecule has 0 bridgehead atoms. The lowest BCUT2D eigenvalue weighted by Crippen LogP contribution is -2.50.